The van der Waals surface area contributed by atoms with Gasteiger partial charge in [-0.3, -0.25) is 30.3 Å². The highest BCUT2D eigenvalue weighted by atomic mass is 16.5. The second-order valence-electron chi connectivity index (χ2n) is 6.03. The first-order valence-corrected chi connectivity index (χ1v) is 8.69. The Hall–Kier alpha value is -3.20. The van der Waals surface area contributed by atoms with E-state index in [0.717, 1.165) is 5.56 Å². The van der Waals surface area contributed by atoms with Gasteiger partial charge in [-0.15, -0.1) is 0 Å². The number of hydrogen-bond acceptors (Lipinski definition) is 5. The van der Waals surface area contributed by atoms with Crippen molar-refractivity contribution in [3.8, 4) is 11.3 Å². The molecule has 0 unspecified atom stereocenters. The van der Waals surface area contributed by atoms with Gasteiger partial charge in [0.1, 0.15) is 5.69 Å². The molecule has 27 heavy (non-hydrogen) atoms. The van der Waals surface area contributed by atoms with Crippen molar-refractivity contribution in [2.45, 2.75) is 12.8 Å². The summed E-state index contributed by atoms with van der Waals surface area (Å²) in [4.78, 5) is 37.6. The first-order valence-electron chi connectivity index (χ1n) is 8.69. The maximum Gasteiger partial charge on any atom is 0.287 e. The molecule has 1 aliphatic heterocycles. The van der Waals surface area contributed by atoms with Crippen molar-refractivity contribution in [2.75, 3.05) is 26.3 Å². The Bertz CT molecular complexity index is 799. The number of nitrogens with zero attached hydrogens (tertiary/aromatic N) is 2. The lowest BCUT2D eigenvalue weighted by Gasteiger charge is -2.26. The molecule has 3 rings (SSSR count). The van der Waals surface area contributed by atoms with Gasteiger partial charge in [0.25, 0.3) is 5.91 Å². The number of hydrazine groups is 1. The number of aromatic amines is 1. The second-order valence-corrected chi connectivity index (χ2v) is 6.03. The molecule has 1 saturated heterocycles. The quantitative estimate of drug-likeness (QED) is 0.661. The molecule has 1 aromatic carbocycles. The lowest BCUT2D eigenvalue weighted by Crippen LogP contribution is -2.43. The highest BCUT2D eigenvalue weighted by Gasteiger charge is 2.18. The molecule has 9 heteroatoms. The van der Waals surface area contributed by atoms with E-state index in [2.05, 4.69) is 21.0 Å². The van der Waals surface area contributed by atoms with Crippen LogP contribution in [0.5, 0.6) is 0 Å². The number of nitrogens with one attached hydrogen (secondary N) is 3. The number of rotatable bonds is 5. The van der Waals surface area contributed by atoms with Crippen LogP contribution >= 0.6 is 0 Å². The Kier molecular flexibility index (Phi) is 6.16. The number of hydrogen-bond donors (Lipinski definition) is 3. The zero-order valence-electron chi connectivity index (χ0n) is 14.7. The molecule has 0 radical (unpaired) electrons. The zero-order valence-corrected chi connectivity index (χ0v) is 14.7. The molecule has 3 N–H and O–H groups in total. The third-order valence-corrected chi connectivity index (χ3v) is 4.14. The molecule has 3 amide bonds. The first kappa shape index (κ1) is 18.6. The summed E-state index contributed by atoms with van der Waals surface area (Å²) in [6.07, 6.45) is 0.0820. The molecule has 1 aliphatic rings. The van der Waals surface area contributed by atoms with Gasteiger partial charge in [0.2, 0.25) is 11.8 Å². The van der Waals surface area contributed by atoms with Crippen molar-refractivity contribution < 1.29 is 19.1 Å². The van der Waals surface area contributed by atoms with Crippen molar-refractivity contribution in [3.63, 3.8) is 0 Å². The maximum atomic E-state index is 12.1. The minimum absolute atomic E-state index is 0.00525. The summed E-state index contributed by atoms with van der Waals surface area (Å²) in [6.45, 7) is 2.12. The van der Waals surface area contributed by atoms with E-state index in [1.807, 2.05) is 30.3 Å². The van der Waals surface area contributed by atoms with Crippen LogP contribution in [-0.2, 0) is 14.3 Å². The van der Waals surface area contributed by atoms with E-state index in [1.54, 1.807) is 11.0 Å². The molecule has 0 saturated carbocycles. The Labute approximate surface area is 156 Å². The fourth-order valence-corrected chi connectivity index (χ4v) is 2.64. The van der Waals surface area contributed by atoms with Crippen molar-refractivity contribution in [1.82, 2.24) is 25.9 Å². The standard InChI is InChI=1S/C18H21N5O4/c24-16(6-7-17(25)23-8-10-27-11-9-23)21-22-18(26)15-12-14(19-20-15)13-4-2-1-3-5-13/h1-5,12H,6-11H2,(H,19,20)(H,21,24)(H,22,26). The highest BCUT2D eigenvalue weighted by Crippen LogP contribution is 2.16. The Morgan fingerprint density at radius 3 is 2.56 bits per heavy atom. The molecule has 1 aromatic heterocycles. The maximum absolute atomic E-state index is 12.1. The summed E-state index contributed by atoms with van der Waals surface area (Å²) in [5.41, 5.74) is 6.34. The van der Waals surface area contributed by atoms with Crippen LogP contribution < -0.4 is 10.9 Å². The predicted octanol–water partition coefficient (Wildman–Crippen LogP) is 0.477. The smallest absolute Gasteiger partial charge is 0.287 e. The van der Waals surface area contributed by atoms with Crippen molar-refractivity contribution in [1.29, 1.82) is 0 Å². The van der Waals surface area contributed by atoms with E-state index in [-0.39, 0.29) is 24.4 Å². The first-order chi connectivity index (χ1) is 13.1. The Balaban J connectivity index is 1.43. The molecule has 142 valence electrons. The van der Waals surface area contributed by atoms with E-state index in [0.29, 0.717) is 32.0 Å². The summed E-state index contributed by atoms with van der Waals surface area (Å²) in [6, 6.07) is 11.0. The number of ether oxygens (including phenoxy) is 1. The lowest BCUT2D eigenvalue weighted by atomic mass is 10.1. The average molecular weight is 371 g/mol. The number of amides is 3. The van der Waals surface area contributed by atoms with Crippen LogP contribution in [0, 0.1) is 0 Å². The molecule has 0 atom stereocenters. The van der Waals surface area contributed by atoms with Gasteiger partial charge in [-0.05, 0) is 6.07 Å². The molecule has 2 heterocycles. The lowest BCUT2D eigenvalue weighted by molar-refractivity contribution is -0.137. The van der Waals surface area contributed by atoms with Crippen molar-refractivity contribution in [3.05, 3.63) is 42.1 Å². The summed E-state index contributed by atoms with van der Waals surface area (Å²) in [5, 5.41) is 6.72. The van der Waals surface area contributed by atoms with E-state index < -0.39 is 11.8 Å². The molecule has 0 aliphatic carbocycles. The third kappa shape index (κ3) is 5.14. The van der Waals surface area contributed by atoms with Crippen LogP contribution in [0.2, 0.25) is 0 Å². The van der Waals surface area contributed by atoms with Crippen molar-refractivity contribution in [2.24, 2.45) is 0 Å². The van der Waals surface area contributed by atoms with E-state index in [9.17, 15) is 14.4 Å². The molecule has 2 aromatic rings. The fraction of sp³-hybridized carbons (Fsp3) is 0.333. The number of morpholine rings is 1. The van der Waals surface area contributed by atoms with Gasteiger partial charge < -0.3 is 9.64 Å². The summed E-state index contributed by atoms with van der Waals surface area (Å²) in [7, 11) is 0. The van der Waals surface area contributed by atoms with Crippen LogP contribution in [0.4, 0.5) is 0 Å². The summed E-state index contributed by atoms with van der Waals surface area (Å²) in [5.74, 6) is -1.05. The molecule has 0 bridgehead atoms. The van der Waals surface area contributed by atoms with Gasteiger partial charge in [0.05, 0.1) is 18.9 Å². The molecule has 0 spiro atoms. The molecular formula is C18H21N5O4. The number of H-pyrrole nitrogens is 1. The number of carbonyl (C=O) groups is 3. The SMILES string of the molecule is O=C(CCC(=O)N1CCOCC1)NNC(=O)c1cc(-c2ccccc2)n[nH]1. The summed E-state index contributed by atoms with van der Waals surface area (Å²) < 4.78 is 5.18. The largest absolute Gasteiger partial charge is 0.378 e. The van der Waals surface area contributed by atoms with Gasteiger partial charge in [0, 0.05) is 31.5 Å². The molecule has 9 nitrogen and oxygen atoms in total. The van der Waals surface area contributed by atoms with Crippen LogP contribution in [0.1, 0.15) is 23.3 Å². The molecular weight excluding hydrogens is 350 g/mol. The average Bonchev–Trinajstić information content (AvgIpc) is 3.22. The van der Waals surface area contributed by atoms with Crippen LogP contribution in [0.25, 0.3) is 11.3 Å². The van der Waals surface area contributed by atoms with E-state index >= 15 is 0 Å². The number of carbonyl (C=O) groups excluding carboxylic acids is 3. The highest BCUT2D eigenvalue weighted by molar-refractivity contribution is 5.94. The fourth-order valence-electron chi connectivity index (χ4n) is 2.64. The van der Waals surface area contributed by atoms with Crippen LogP contribution in [0.3, 0.4) is 0 Å². The number of benzene rings is 1. The zero-order chi connectivity index (χ0) is 19.1. The van der Waals surface area contributed by atoms with Crippen molar-refractivity contribution >= 4 is 17.7 Å². The normalized spacial score (nSPS) is 13.9. The minimum atomic E-state index is -0.516. The van der Waals surface area contributed by atoms with Crippen LogP contribution in [0.15, 0.2) is 36.4 Å². The Morgan fingerprint density at radius 2 is 1.81 bits per heavy atom. The van der Waals surface area contributed by atoms with Gasteiger partial charge in [-0.25, -0.2) is 0 Å². The predicted molar refractivity (Wildman–Crippen MR) is 96.3 cm³/mol. The second kappa shape index (κ2) is 8.95. The molecule has 1 fully saturated rings. The topological polar surface area (TPSA) is 116 Å². The van der Waals surface area contributed by atoms with E-state index in [4.69, 9.17) is 4.74 Å². The summed E-state index contributed by atoms with van der Waals surface area (Å²) >= 11 is 0. The van der Waals surface area contributed by atoms with E-state index in [1.165, 1.54) is 0 Å². The monoisotopic (exact) mass is 371 g/mol. The third-order valence-electron chi connectivity index (χ3n) is 4.14. The van der Waals surface area contributed by atoms with Gasteiger partial charge >= 0.3 is 0 Å². The number of aromatic nitrogens is 2. The van der Waals surface area contributed by atoms with Crippen LogP contribution in [-0.4, -0.2) is 59.1 Å². The van der Waals surface area contributed by atoms with Gasteiger partial charge in [0.15, 0.2) is 0 Å². The Morgan fingerprint density at radius 1 is 1.07 bits per heavy atom. The van der Waals surface area contributed by atoms with Gasteiger partial charge in [-0.1, -0.05) is 30.3 Å². The van der Waals surface area contributed by atoms with Gasteiger partial charge in [-0.2, -0.15) is 5.10 Å². The minimum Gasteiger partial charge on any atom is -0.378 e.